The topological polar surface area (TPSA) is 71.0 Å². The molecule has 0 amide bonds. The first-order valence-electron chi connectivity index (χ1n) is 9.98. The summed E-state index contributed by atoms with van der Waals surface area (Å²) in [5, 5.41) is 3.37. The van der Waals surface area contributed by atoms with E-state index in [2.05, 4.69) is 47.5 Å². The highest BCUT2D eigenvalue weighted by Crippen LogP contribution is 2.26. The molecule has 3 rings (SSSR count). The predicted octanol–water partition coefficient (Wildman–Crippen LogP) is 3.54. The Bertz CT molecular complexity index is 918. The molecule has 6 nitrogen and oxygen atoms in total. The number of guanidine groups is 1. The fourth-order valence-electron chi connectivity index (χ4n) is 3.47. The van der Waals surface area contributed by atoms with E-state index >= 15 is 0 Å². The fourth-order valence-corrected chi connectivity index (χ4v) is 4.10. The Hall–Kier alpha value is -1.81. The van der Waals surface area contributed by atoms with Gasteiger partial charge in [0.05, 0.1) is 11.4 Å². The molecule has 1 unspecified atom stereocenters. The summed E-state index contributed by atoms with van der Waals surface area (Å²) in [7, 11) is -3.19. The van der Waals surface area contributed by atoms with E-state index in [1.54, 1.807) is 24.3 Å². The minimum absolute atomic E-state index is 0. The number of halogens is 1. The third-order valence-corrected chi connectivity index (χ3v) is 6.10. The quantitative estimate of drug-likeness (QED) is 0.251. The van der Waals surface area contributed by atoms with E-state index in [1.165, 1.54) is 11.8 Å². The van der Waals surface area contributed by atoms with Gasteiger partial charge in [0.25, 0.3) is 0 Å². The molecule has 164 valence electrons. The first-order valence-corrected chi connectivity index (χ1v) is 11.9. The Morgan fingerprint density at radius 2 is 1.87 bits per heavy atom. The maximum atomic E-state index is 11.5. The van der Waals surface area contributed by atoms with E-state index < -0.39 is 9.84 Å². The molecule has 1 saturated heterocycles. The summed E-state index contributed by atoms with van der Waals surface area (Å²) in [5.74, 6) is 2.09. The molecule has 0 bridgehead atoms. The van der Waals surface area contributed by atoms with Gasteiger partial charge in [-0.25, -0.2) is 13.4 Å². The van der Waals surface area contributed by atoms with Crippen LogP contribution in [0.5, 0.6) is 5.75 Å². The maximum Gasteiger partial charge on any atom is 0.194 e. The van der Waals surface area contributed by atoms with Gasteiger partial charge in [-0.1, -0.05) is 30.3 Å². The van der Waals surface area contributed by atoms with Crippen LogP contribution in [0.4, 0.5) is 0 Å². The lowest BCUT2D eigenvalue weighted by atomic mass is 9.99. The number of sulfone groups is 1. The van der Waals surface area contributed by atoms with Crippen molar-refractivity contribution in [1.29, 1.82) is 0 Å². The Labute approximate surface area is 196 Å². The first-order chi connectivity index (χ1) is 14.0. The van der Waals surface area contributed by atoms with Crippen molar-refractivity contribution in [3.05, 3.63) is 60.2 Å². The summed E-state index contributed by atoms with van der Waals surface area (Å²) in [5.41, 5.74) is 1.38. The highest BCUT2D eigenvalue weighted by molar-refractivity contribution is 14.0. The fraction of sp³-hybridized carbons (Fsp3) is 0.409. The third kappa shape index (κ3) is 6.87. The summed E-state index contributed by atoms with van der Waals surface area (Å²) < 4.78 is 28.7. The van der Waals surface area contributed by atoms with Crippen molar-refractivity contribution < 1.29 is 13.2 Å². The smallest absolute Gasteiger partial charge is 0.194 e. The Morgan fingerprint density at radius 1 is 1.17 bits per heavy atom. The number of hydrogen-bond acceptors (Lipinski definition) is 4. The van der Waals surface area contributed by atoms with Crippen molar-refractivity contribution >= 4 is 39.8 Å². The van der Waals surface area contributed by atoms with Gasteiger partial charge in [-0.3, -0.25) is 0 Å². The Kier molecular flexibility index (Phi) is 9.41. The van der Waals surface area contributed by atoms with Gasteiger partial charge in [0, 0.05) is 31.8 Å². The van der Waals surface area contributed by atoms with Crippen LogP contribution < -0.4 is 10.1 Å². The standard InChI is InChI=1S/C22H29N3O3S.HI/c1-3-23-22(25-15-13-19(17-25)18-7-5-4-6-8-18)24-14-16-28-20-9-11-21(12-10-20)29(2,26)27;/h4-12,19H,3,13-17H2,1-2H3,(H,23,24);1H. The zero-order chi connectivity index (χ0) is 20.7. The highest BCUT2D eigenvalue weighted by Gasteiger charge is 2.25. The molecule has 1 fully saturated rings. The summed E-state index contributed by atoms with van der Waals surface area (Å²) in [6, 6.07) is 17.1. The van der Waals surface area contributed by atoms with Crippen LogP contribution in [0.3, 0.4) is 0 Å². The van der Waals surface area contributed by atoms with Gasteiger partial charge in [-0.15, -0.1) is 24.0 Å². The SMILES string of the molecule is CCNC(=NCCOc1ccc(S(C)(=O)=O)cc1)N1CCC(c2ccccc2)C1.I. The molecule has 8 heteroatoms. The van der Waals surface area contributed by atoms with E-state index in [4.69, 9.17) is 9.73 Å². The Balaban J connectivity index is 0.00000320. The number of nitrogens with zero attached hydrogens (tertiary/aromatic N) is 2. The van der Waals surface area contributed by atoms with Crippen LogP contribution in [-0.4, -0.2) is 58.3 Å². The largest absolute Gasteiger partial charge is 0.492 e. The second kappa shape index (κ2) is 11.5. The van der Waals surface area contributed by atoms with Gasteiger partial charge in [0.2, 0.25) is 0 Å². The third-order valence-electron chi connectivity index (χ3n) is 4.97. The number of likely N-dealkylation sites (tertiary alicyclic amines) is 1. The van der Waals surface area contributed by atoms with E-state index in [0.29, 0.717) is 29.7 Å². The second-order valence-corrected chi connectivity index (χ2v) is 9.19. The molecule has 0 aromatic heterocycles. The van der Waals surface area contributed by atoms with Crippen LogP contribution in [0.2, 0.25) is 0 Å². The van der Waals surface area contributed by atoms with E-state index in [1.807, 2.05) is 0 Å². The second-order valence-electron chi connectivity index (χ2n) is 7.17. The zero-order valence-corrected chi connectivity index (χ0v) is 20.6. The van der Waals surface area contributed by atoms with Gasteiger partial charge in [0.1, 0.15) is 12.4 Å². The predicted molar refractivity (Wildman–Crippen MR) is 132 cm³/mol. The molecule has 0 radical (unpaired) electrons. The van der Waals surface area contributed by atoms with Crippen LogP contribution in [0.1, 0.15) is 24.8 Å². The highest BCUT2D eigenvalue weighted by atomic mass is 127. The van der Waals surface area contributed by atoms with Crippen LogP contribution in [0.25, 0.3) is 0 Å². The molecule has 1 aliphatic rings. The van der Waals surface area contributed by atoms with Gasteiger partial charge < -0.3 is 15.0 Å². The molecule has 0 spiro atoms. The molecule has 1 aliphatic heterocycles. The van der Waals surface area contributed by atoms with Gasteiger partial charge in [-0.2, -0.15) is 0 Å². The first kappa shape index (κ1) is 24.5. The molecule has 1 heterocycles. The summed E-state index contributed by atoms with van der Waals surface area (Å²) in [6.07, 6.45) is 2.32. The van der Waals surface area contributed by atoms with Crippen molar-refractivity contribution in [2.75, 3.05) is 39.0 Å². The monoisotopic (exact) mass is 543 g/mol. The molecule has 0 saturated carbocycles. The molecule has 2 aromatic carbocycles. The van der Waals surface area contributed by atoms with Crippen LogP contribution >= 0.6 is 24.0 Å². The van der Waals surface area contributed by atoms with Gasteiger partial charge in [-0.05, 0) is 43.2 Å². The van der Waals surface area contributed by atoms with Crippen molar-refractivity contribution in [2.45, 2.75) is 24.2 Å². The average molecular weight is 543 g/mol. The van der Waals surface area contributed by atoms with E-state index in [-0.39, 0.29) is 24.0 Å². The zero-order valence-electron chi connectivity index (χ0n) is 17.5. The lowest BCUT2D eigenvalue weighted by Crippen LogP contribution is -2.40. The molecule has 2 aromatic rings. The molecular weight excluding hydrogens is 513 g/mol. The number of nitrogens with one attached hydrogen (secondary N) is 1. The number of ether oxygens (including phenoxy) is 1. The Morgan fingerprint density at radius 3 is 2.50 bits per heavy atom. The lowest BCUT2D eigenvalue weighted by molar-refractivity contribution is 0.327. The normalized spacial score (nSPS) is 16.8. The van der Waals surface area contributed by atoms with Crippen molar-refractivity contribution in [3.8, 4) is 5.75 Å². The molecule has 1 N–H and O–H groups in total. The lowest BCUT2D eigenvalue weighted by Gasteiger charge is -2.21. The van der Waals surface area contributed by atoms with Crippen LogP contribution in [0.15, 0.2) is 64.5 Å². The molecular formula is C22H30IN3O3S. The minimum Gasteiger partial charge on any atom is -0.492 e. The molecule has 1 atom stereocenters. The molecule has 0 aliphatic carbocycles. The van der Waals surface area contributed by atoms with Crippen LogP contribution in [0, 0.1) is 0 Å². The number of benzene rings is 2. The van der Waals surface area contributed by atoms with Crippen molar-refractivity contribution in [3.63, 3.8) is 0 Å². The average Bonchev–Trinajstić information content (AvgIpc) is 3.21. The molecule has 30 heavy (non-hydrogen) atoms. The number of rotatable bonds is 7. The summed E-state index contributed by atoms with van der Waals surface area (Å²) in [4.78, 5) is 7.30. The number of hydrogen-bond donors (Lipinski definition) is 1. The van der Waals surface area contributed by atoms with Gasteiger partial charge in [0.15, 0.2) is 15.8 Å². The van der Waals surface area contributed by atoms with Crippen molar-refractivity contribution in [1.82, 2.24) is 10.2 Å². The van der Waals surface area contributed by atoms with Crippen molar-refractivity contribution in [2.24, 2.45) is 4.99 Å². The number of aliphatic imine (C=N–C) groups is 1. The van der Waals surface area contributed by atoms with Gasteiger partial charge >= 0.3 is 0 Å². The summed E-state index contributed by atoms with van der Waals surface area (Å²) >= 11 is 0. The van der Waals surface area contributed by atoms with E-state index in [0.717, 1.165) is 32.0 Å². The maximum absolute atomic E-state index is 11.5. The van der Waals surface area contributed by atoms with E-state index in [9.17, 15) is 8.42 Å². The minimum atomic E-state index is -3.19. The van der Waals surface area contributed by atoms with Crippen LogP contribution in [-0.2, 0) is 9.84 Å². The summed E-state index contributed by atoms with van der Waals surface area (Å²) in [6.45, 7) is 5.80.